The van der Waals surface area contributed by atoms with E-state index in [-0.39, 0.29) is 21.8 Å². The second-order valence-corrected chi connectivity index (χ2v) is 8.18. The monoisotopic (exact) mass is 416 g/mol. The van der Waals surface area contributed by atoms with Gasteiger partial charge in [-0.2, -0.15) is 0 Å². The van der Waals surface area contributed by atoms with Crippen LogP contribution in [0.15, 0.2) is 65.6 Å². The van der Waals surface area contributed by atoms with E-state index in [1.54, 1.807) is 19.9 Å². The van der Waals surface area contributed by atoms with Crippen molar-refractivity contribution in [1.82, 2.24) is 0 Å². The van der Waals surface area contributed by atoms with E-state index in [4.69, 9.17) is 0 Å². The number of para-hydroxylation sites is 1. The molecule has 0 aliphatic heterocycles. The van der Waals surface area contributed by atoms with Crippen LogP contribution in [0.25, 0.3) is 0 Å². The van der Waals surface area contributed by atoms with Crippen molar-refractivity contribution in [2.75, 3.05) is 10.0 Å². The van der Waals surface area contributed by atoms with Crippen LogP contribution < -0.4 is 10.0 Å². The number of aryl methyl sites for hydroxylation is 2. The molecule has 0 aromatic heterocycles. The lowest BCUT2D eigenvalue weighted by atomic mass is 10.1. The zero-order valence-corrected chi connectivity index (χ0v) is 16.5. The first kappa shape index (κ1) is 20.5. The molecule has 0 spiro atoms. The number of carbonyl (C=O) groups is 1. The van der Waals surface area contributed by atoms with Crippen LogP contribution >= 0.6 is 0 Å². The summed E-state index contributed by atoms with van der Waals surface area (Å²) >= 11 is 0. The summed E-state index contributed by atoms with van der Waals surface area (Å²) in [4.78, 5) is 12.4. The van der Waals surface area contributed by atoms with Gasteiger partial charge in [0.15, 0.2) is 0 Å². The van der Waals surface area contributed by atoms with Gasteiger partial charge >= 0.3 is 0 Å². The van der Waals surface area contributed by atoms with Gasteiger partial charge in [0.2, 0.25) is 0 Å². The van der Waals surface area contributed by atoms with E-state index in [9.17, 15) is 22.0 Å². The number of nitrogens with one attached hydrogen (secondary N) is 2. The average Bonchev–Trinajstić information content (AvgIpc) is 2.66. The lowest BCUT2D eigenvalue weighted by Crippen LogP contribution is -2.18. The number of halogens is 2. The maximum atomic E-state index is 14.0. The standard InChI is InChI=1S/C21H18F2N2O3S/c1-13-7-10-19(18(23)11-13)24-21(26)16-12-15(9-8-14(16)2)29(27,28)25-20-6-4-3-5-17(20)22/h3-12,25H,1-2H3,(H,24,26). The molecule has 3 rings (SSSR count). The van der Waals surface area contributed by atoms with Crippen molar-refractivity contribution >= 4 is 27.3 Å². The lowest BCUT2D eigenvalue weighted by Gasteiger charge is -2.12. The molecule has 0 saturated heterocycles. The third kappa shape index (κ3) is 4.60. The Balaban J connectivity index is 1.91. The number of carbonyl (C=O) groups excluding carboxylic acids is 1. The fourth-order valence-electron chi connectivity index (χ4n) is 2.67. The molecule has 0 saturated carbocycles. The molecule has 0 atom stereocenters. The van der Waals surface area contributed by atoms with E-state index in [0.717, 1.165) is 6.07 Å². The summed E-state index contributed by atoms with van der Waals surface area (Å²) in [6, 6.07) is 13.6. The fourth-order valence-corrected chi connectivity index (χ4v) is 3.76. The van der Waals surface area contributed by atoms with E-state index in [1.807, 2.05) is 0 Å². The summed E-state index contributed by atoms with van der Waals surface area (Å²) in [6.07, 6.45) is 0. The van der Waals surface area contributed by atoms with E-state index in [1.165, 1.54) is 48.5 Å². The number of rotatable bonds is 5. The van der Waals surface area contributed by atoms with Crippen molar-refractivity contribution in [1.29, 1.82) is 0 Å². The van der Waals surface area contributed by atoms with Crippen LogP contribution in [-0.4, -0.2) is 14.3 Å². The molecule has 0 aliphatic carbocycles. The van der Waals surface area contributed by atoms with Crippen molar-refractivity contribution < 1.29 is 22.0 Å². The molecule has 2 N–H and O–H groups in total. The van der Waals surface area contributed by atoms with Gasteiger partial charge in [0, 0.05) is 5.56 Å². The van der Waals surface area contributed by atoms with E-state index in [2.05, 4.69) is 10.0 Å². The first-order chi connectivity index (χ1) is 13.7. The number of hydrogen-bond donors (Lipinski definition) is 2. The number of sulfonamides is 1. The molecule has 3 aromatic carbocycles. The Morgan fingerprint density at radius 3 is 2.28 bits per heavy atom. The molecule has 0 fully saturated rings. The number of hydrogen-bond acceptors (Lipinski definition) is 3. The third-order valence-electron chi connectivity index (χ3n) is 4.25. The molecule has 0 heterocycles. The van der Waals surface area contributed by atoms with Crippen LogP contribution in [0.5, 0.6) is 0 Å². The Kier molecular flexibility index (Phi) is 5.65. The van der Waals surface area contributed by atoms with Crippen molar-refractivity contribution in [3.05, 3.63) is 89.0 Å². The Morgan fingerprint density at radius 1 is 0.862 bits per heavy atom. The van der Waals surface area contributed by atoms with Gasteiger partial charge in [-0.1, -0.05) is 24.3 Å². The van der Waals surface area contributed by atoms with Crippen LogP contribution in [-0.2, 0) is 10.0 Å². The zero-order chi connectivity index (χ0) is 21.2. The Labute approximate surface area is 167 Å². The Morgan fingerprint density at radius 2 is 1.59 bits per heavy atom. The molecular weight excluding hydrogens is 398 g/mol. The van der Waals surface area contributed by atoms with Gasteiger partial charge in [0.25, 0.3) is 15.9 Å². The van der Waals surface area contributed by atoms with Gasteiger partial charge in [-0.15, -0.1) is 0 Å². The molecule has 0 unspecified atom stereocenters. The summed E-state index contributed by atoms with van der Waals surface area (Å²) in [7, 11) is -4.14. The van der Waals surface area contributed by atoms with E-state index >= 15 is 0 Å². The molecule has 5 nitrogen and oxygen atoms in total. The topological polar surface area (TPSA) is 75.3 Å². The summed E-state index contributed by atoms with van der Waals surface area (Å²) in [5.41, 5.74) is 1.03. The highest BCUT2D eigenvalue weighted by Gasteiger charge is 2.20. The van der Waals surface area contributed by atoms with Crippen molar-refractivity contribution in [2.24, 2.45) is 0 Å². The Bertz CT molecular complexity index is 1190. The molecular formula is C21H18F2N2O3S. The van der Waals surface area contributed by atoms with Crippen LogP contribution in [0.1, 0.15) is 21.5 Å². The number of amides is 1. The SMILES string of the molecule is Cc1ccc(NC(=O)c2cc(S(=O)(=O)Nc3ccccc3F)ccc2C)c(F)c1. The minimum Gasteiger partial charge on any atom is -0.319 e. The maximum absolute atomic E-state index is 14.0. The summed E-state index contributed by atoms with van der Waals surface area (Å²) in [5.74, 6) is -1.98. The van der Waals surface area contributed by atoms with Crippen LogP contribution in [0, 0.1) is 25.5 Å². The highest BCUT2D eigenvalue weighted by molar-refractivity contribution is 7.92. The van der Waals surface area contributed by atoms with Gasteiger partial charge in [0.1, 0.15) is 11.6 Å². The maximum Gasteiger partial charge on any atom is 0.262 e. The quantitative estimate of drug-likeness (QED) is 0.637. The predicted molar refractivity (Wildman–Crippen MR) is 107 cm³/mol. The van der Waals surface area contributed by atoms with Crippen LogP contribution in [0.3, 0.4) is 0 Å². The van der Waals surface area contributed by atoms with Crippen molar-refractivity contribution in [2.45, 2.75) is 18.7 Å². The van der Waals surface area contributed by atoms with Gasteiger partial charge < -0.3 is 5.32 Å². The molecule has 150 valence electrons. The molecule has 1 amide bonds. The fraction of sp³-hybridized carbons (Fsp3) is 0.0952. The normalized spacial score (nSPS) is 11.2. The zero-order valence-electron chi connectivity index (χ0n) is 15.7. The summed E-state index contributed by atoms with van der Waals surface area (Å²) in [5, 5.41) is 2.44. The van der Waals surface area contributed by atoms with Crippen LogP contribution in [0.2, 0.25) is 0 Å². The lowest BCUT2D eigenvalue weighted by molar-refractivity contribution is 0.102. The highest BCUT2D eigenvalue weighted by atomic mass is 32.2. The first-order valence-electron chi connectivity index (χ1n) is 8.63. The second-order valence-electron chi connectivity index (χ2n) is 6.50. The summed E-state index contributed by atoms with van der Waals surface area (Å²) in [6.45, 7) is 3.34. The molecule has 0 bridgehead atoms. The van der Waals surface area contributed by atoms with Crippen molar-refractivity contribution in [3.8, 4) is 0 Å². The predicted octanol–water partition coefficient (Wildman–Crippen LogP) is 4.63. The van der Waals surface area contributed by atoms with Crippen LogP contribution in [0.4, 0.5) is 20.2 Å². The smallest absolute Gasteiger partial charge is 0.262 e. The number of anilines is 2. The molecule has 0 aliphatic rings. The molecule has 29 heavy (non-hydrogen) atoms. The van der Waals surface area contributed by atoms with E-state index in [0.29, 0.717) is 11.1 Å². The number of benzene rings is 3. The largest absolute Gasteiger partial charge is 0.319 e. The van der Waals surface area contributed by atoms with Gasteiger partial charge in [-0.3, -0.25) is 9.52 Å². The van der Waals surface area contributed by atoms with Gasteiger partial charge in [-0.25, -0.2) is 17.2 Å². The third-order valence-corrected chi connectivity index (χ3v) is 5.62. The van der Waals surface area contributed by atoms with Crippen molar-refractivity contribution in [3.63, 3.8) is 0 Å². The van der Waals surface area contributed by atoms with Gasteiger partial charge in [0.05, 0.1) is 16.3 Å². The minimum absolute atomic E-state index is 0.0160. The van der Waals surface area contributed by atoms with E-state index < -0.39 is 27.6 Å². The molecule has 3 aromatic rings. The second kappa shape index (κ2) is 8.00. The highest BCUT2D eigenvalue weighted by Crippen LogP contribution is 2.22. The molecule has 8 heteroatoms. The Hall–Kier alpha value is -3.26. The summed E-state index contributed by atoms with van der Waals surface area (Å²) < 4.78 is 55.2. The first-order valence-corrected chi connectivity index (χ1v) is 10.1. The van der Waals surface area contributed by atoms with Gasteiger partial charge in [-0.05, 0) is 61.4 Å². The average molecular weight is 416 g/mol. The minimum atomic E-state index is -4.14. The molecule has 0 radical (unpaired) electrons.